The highest BCUT2D eigenvalue weighted by Crippen LogP contribution is 2.37. The summed E-state index contributed by atoms with van der Waals surface area (Å²) in [5.41, 5.74) is 0.462. The Balaban J connectivity index is 2.04. The number of hydrogen-bond donors (Lipinski definition) is 1. The molecule has 2 rings (SSSR count). The van der Waals surface area contributed by atoms with Gasteiger partial charge in [-0.2, -0.15) is 0 Å². The topological polar surface area (TPSA) is 67.9 Å². The number of rotatable bonds is 7. The van der Waals surface area contributed by atoms with Crippen molar-refractivity contribution in [2.45, 2.75) is 33.1 Å². The number of methoxy groups -OCH3 is 1. The lowest BCUT2D eigenvalue weighted by Crippen LogP contribution is -2.43. The number of ether oxygens (including phenoxy) is 2. The van der Waals surface area contributed by atoms with E-state index in [1.807, 2.05) is 13.8 Å². The smallest absolute Gasteiger partial charge is 0.254 e. The van der Waals surface area contributed by atoms with Gasteiger partial charge in [-0.05, 0) is 38.3 Å². The van der Waals surface area contributed by atoms with Crippen molar-refractivity contribution in [1.82, 2.24) is 10.2 Å². The van der Waals surface area contributed by atoms with Gasteiger partial charge in [-0.1, -0.05) is 18.5 Å². The molecule has 1 fully saturated rings. The van der Waals surface area contributed by atoms with E-state index in [2.05, 4.69) is 5.32 Å². The van der Waals surface area contributed by atoms with E-state index in [0.717, 1.165) is 6.42 Å². The minimum atomic E-state index is -0.110. The molecule has 144 valence electrons. The van der Waals surface area contributed by atoms with Gasteiger partial charge >= 0.3 is 0 Å². The molecular weight excluding hydrogens is 356 g/mol. The second-order valence-electron chi connectivity index (χ2n) is 6.28. The van der Waals surface area contributed by atoms with Gasteiger partial charge in [0.25, 0.3) is 5.91 Å². The Bertz CT molecular complexity index is 643. The average molecular weight is 383 g/mol. The summed E-state index contributed by atoms with van der Waals surface area (Å²) in [7, 11) is 1.52. The molecule has 6 nitrogen and oxygen atoms in total. The minimum absolute atomic E-state index is 0.0240. The number of benzene rings is 1. The number of likely N-dealkylation sites (tertiary alicyclic amines) is 1. The molecule has 0 radical (unpaired) electrons. The lowest BCUT2D eigenvalue weighted by atomic mass is 9.95. The largest absolute Gasteiger partial charge is 0.493 e. The molecule has 0 aromatic heterocycles. The van der Waals surface area contributed by atoms with Crippen LogP contribution in [0.4, 0.5) is 0 Å². The maximum Gasteiger partial charge on any atom is 0.254 e. The first-order valence-electron chi connectivity index (χ1n) is 9.09. The van der Waals surface area contributed by atoms with Crippen LogP contribution >= 0.6 is 11.6 Å². The summed E-state index contributed by atoms with van der Waals surface area (Å²) < 4.78 is 10.8. The number of amides is 2. The monoisotopic (exact) mass is 382 g/mol. The summed E-state index contributed by atoms with van der Waals surface area (Å²) in [6, 6.07) is 3.26. The number of hydrogen-bond acceptors (Lipinski definition) is 4. The van der Waals surface area contributed by atoms with Crippen LogP contribution in [-0.4, -0.2) is 50.1 Å². The van der Waals surface area contributed by atoms with Gasteiger partial charge in [-0.15, -0.1) is 0 Å². The van der Waals surface area contributed by atoms with Crippen molar-refractivity contribution in [3.05, 3.63) is 22.7 Å². The SMILES string of the molecule is CCCNC(=O)C1CCN(C(=O)c2cc(Cl)c(OCC)c(OC)c2)CC1. The summed E-state index contributed by atoms with van der Waals surface area (Å²) in [4.78, 5) is 26.6. The van der Waals surface area contributed by atoms with Gasteiger partial charge < -0.3 is 19.7 Å². The maximum absolute atomic E-state index is 12.8. The van der Waals surface area contributed by atoms with Gasteiger partial charge in [0.15, 0.2) is 11.5 Å². The fourth-order valence-corrected chi connectivity index (χ4v) is 3.31. The van der Waals surface area contributed by atoms with Crippen LogP contribution in [0.5, 0.6) is 11.5 Å². The molecule has 2 amide bonds. The van der Waals surface area contributed by atoms with Crippen molar-refractivity contribution in [3.8, 4) is 11.5 Å². The van der Waals surface area contributed by atoms with Gasteiger partial charge in [-0.3, -0.25) is 9.59 Å². The molecule has 1 N–H and O–H groups in total. The Labute approximate surface area is 159 Å². The van der Waals surface area contributed by atoms with E-state index in [1.165, 1.54) is 7.11 Å². The maximum atomic E-state index is 12.8. The number of nitrogens with one attached hydrogen (secondary N) is 1. The zero-order valence-electron chi connectivity index (χ0n) is 15.6. The highest BCUT2D eigenvalue weighted by atomic mass is 35.5. The first-order chi connectivity index (χ1) is 12.5. The third kappa shape index (κ3) is 4.81. The molecule has 1 heterocycles. The van der Waals surface area contributed by atoms with Gasteiger partial charge in [0.1, 0.15) is 0 Å². The van der Waals surface area contributed by atoms with Crippen molar-refractivity contribution >= 4 is 23.4 Å². The van der Waals surface area contributed by atoms with Crippen LogP contribution < -0.4 is 14.8 Å². The molecule has 0 aliphatic carbocycles. The van der Waals surface area contributed by atoms with Gasteiger partial charge in [0.05, 0.1) is 18.7 Å². The Hall–Kier alpha value is -1.95. The Morgan fingerprint density at radius 3 is 2.54 bits per heavy atom. The summed E-state index contributed by atoms with van der Waals surface area (Å²) in [5.74, 6) is 0.838. The molecule has 1 aliphatic rings. The van der Waals surface area contributed by atoms with E-state index >= 15 is 0 Å². The minimum Gasteiger partial charge on any atom is -0.493 e. The average Bonchev–Trinajstić information content (AvgIpc) is 2.67. The zero-order valence-corrected chi connectivity index (χ0v) is 16.4. The van der Waals surface area contributed by atoms with Crippen LogP contribution in [0.15, 0.2) is 12.1 Å². The van der Waals surface area contributed by atoms with Crippen LogP contribution in [0, 0.1) is 5.92 Å². The predicted molar refractivity (Wildman–Crippen MR) is 101 cm³/mol. The number of carbonyl (C=O) groups is 2. The first kappa shape index (κ1) is 20.4. The third-order valence-corrected chi connectivity index (χ3v) is 4.75. The van der Waals surface area contributed by atoms with Crippen molar-refractivity contribution in [1.29, 1.82) is 0 Å². The number of nitrogens with zero attached hydrogens (tertiary/aromatic N) is 1. The van der Waals surface area contributed by atoms with Crippen LogP contribution in [0.25, 0.3) is 0 Å². The van der Waals surface area contributed by atoms with Gasteiger partial charge in [0, 0.05) is 31.1 Å². The second-order valence-corrected chi connectivity index (χ2v) is 6.69. The van der Waals surface area contributed by atoms with Gasteiger partial charge in [0.2, 0.25) is 5.91 Å². The van der Waals surface area contributed by atoms with E-state index in [4.69, 9.17) is 21.1 Å². The molecule has 1 saturated heterocycles. The second kappa shape index (κ2) is 9.67. The van der Waals surface area contributed by atoms with Crippen molar-refractivity contribution in [2.75, 3.05) is 33.4 Å². The highest BCUT2D eigenvalue weighted by Gasteiger charge is 2.28. The summed E-state index contributed by atoms with van der Waals surface area (Å²) >= 11 is 6.26. The molecule has 7 heteroatoms. The molecule has 1 aliphatic heterocycles. The quantitative estimate of drug-likeness (QED) is 0.786. The normalized spacial score (nSPS) is 14.8. The van der Waals surface area contributed by atoms with E-state index in [1.54, 1.807) is 17.0 Å². The fourth-order valence-electron chi connectivity index (χ4n) is 3.05. The Morgan fingerprint density at radius 1 is 1.27 bits per heavy atom. The standard InChI is InChI=1S/C19H27ClN2O4/c1-4-8-21-18(23)13-6-9-22(10-7-13)19(24)14-11-15(20)17(26-5-2)16(12-14)25-3/h11-13H,4-10H2,1-3H3,(H,21,23). The third-order valence-electron chi connectivity index (χ3n) is 4.47. The molecule has 0 spiro atoms. The van der Waals surface area contributed by atoms with Crippen LogP contribution in [-0.2, 0) is 4.79 Å². The van der Waals surface area contributed by atoms with Gasteiger partial charge in [-0.25, -0.2) is 0 Å². The molecule has 1 aromatic rings. The summed E-state index contributed by atoms with van der Waals surface area (Å²) in [6.45, 7) is 6.14. The molecule has 0 unspecified atom stereocenters. The number of piperidine rings is 1. The van der Waals surface area contributed by atoms with Crippen molar-refractivity contribution < 1.29 is 19.1 Å². The van der Waals surface area contributed by atoms with E-state index < -0.39 is 0 Å². The molecule has 0 atom stereocenters. The predicted octanol–water partition coefficient (Wildman–Crippen LogP) is 3.13. The summed E-state index contributed by atoms with van der Waals surface area (Å²) in [6.07, 6.45) is 2.26. The van der Waals surface area contributed by atoms with E-state index in [9.17, 15) is 9.59 Å². The molecule has 26 heavy (non-hydrogen) atoms. The fraction of sp³-hybridized carbons (Fsp3) is 0.579. The Kier molecular flexibility index (Phi) is 7.57. The van der Waals surface area contributed by atoms with E-state index in [-0.39, 0.29) is 17.7 Å². The number of halogens is 1. The van der Waals surface area contributed by atoms with Crippen LogP contribution in [0.3, 0.4) is 0 Å². The van der Waals surface area contributed by atoms with Crippen LogP contribution in [0.2, 0.25) is 5.02 Å². The lowest BCUT2D eigenvalue weighted by Gasteiger charge is -2.31. The molecular formula is C19H27ClN2O4. The van der Waals surface area contributed by atoms with Crippen molar-refractivity contribution in [3.63, 3.8) is 0 Å². The Morgan fingerprint density at radius 2 is 1.96 bits per heavy atom. The first-order valence-corrected chi connectivity index (χ1v) is 9.46. The van der Waals surface area contributed by atoms with E-state index in [0.29, 0.717) is 61.2 Å². The molecule has 1 aromatic carbocycles. The molecule has 0 saturated carbocycles. The highest BCUT2D eigenvalue weighted by molar-refractivity contribution is 6.32. The summed E-state index contributed by atoms with van der Waals surface area (Å²) in [5, 5.41) is 3.28. The lowest BCUT2D eigenvalue weighted by molar-refractivity contribution is -0.126. The zero-order chi connectivity index (χ0) is 19.1. The molecule has 0 bridgehead atoms. The van der Waals surface area contributed by atoms with Crippen LogP contribution in [0.1, 0.15) is 43.5 Å². The number of carbonyl (C=O) groups excluding carboxylic acids is 2. The van der Waals surface area contributed by atoms with Crippen molar-refractivity contribution in [2.24, 2.45) is 5.92 Å².